The molecule has 6 nitrogen and oxygen atoms in total. The molecular formula is C13H20N4O2S. The molecule has 2 rings (SSSR count). The van der Waals surface area contributed by atoms with E-state index in [-0.39, 0.29) is 5.75 Å². The highest BCUT2D eigenvalue weighted by Crippen LogP contribution is 2.13. The van der Waals surface area contributed by atoms with E-state index in [4.69, 9.17) is 0 Å². The Kier molecular flexibility index (Phi) is 4.42. The summed E-state index contributed by atoms with van der Waals surface area (Å²) < 4.78 is 26.5. The Morgan fingerprint density at radius 3 is 2.65 bits per heavy atom. The molecule has 0 aliphatic rings. The first-order chi connectivity index (χ1) is 9.42. The second-order valence-electron chi connectivity index (χ2n) is 4.85. The van der Waals surface area contributed by atoms with E-state index in [1.165, 1.54) is 4.31 Å². The summed E-state index contributed by atoms with van der Waals surface area (Å²) in [5.74, 6) is 0.984. The van der Waals surface area contributed by atoms with E-state index < -0.39 is 10.0 Å². The first kappa shape index (κ1) is 15.0. The molecule has 2 aromatic rings. The number of hydrogen-bond donors (Lipinski definition) is 1. The number of imidazole rings is 1. The first-order valence-corrected chi connectivity index (χ1v) is 8.04. The summed E-state index contributed by atoms with van der Waals surface area (Å²) in [5, 5.41) is 3.13. The summed E-state index contributed by atoms with van der Waals surface area (Å²) >= 11 is 0. The van der Waals surface area contributed by atoms with Crippen LogP contribution in [0.15, 0.2) is 24.3 Å². The highest BCUT2D eigenvalue weighted by atomic mass is 32.2. The van der Waals surface area contributed by atoms with Crippen LogP contribution < -0.4 is 5.32 Å². The number of nitrogens with one attached hydrogen (secondary N) is 1. The van der Waals surface area contributed by atoms with Gasteiger partial charge in [0.2, 0.25) is 10.0 Å². The molecule has 0 saturated heterocycles. The predicted molar refractivity (Wildman–Crippen MR) is 79.9 cm³/mol. The predicted octanol–water partition coefficient (Wildman–Crippen LogP) is 0.554. The van der Waals surface area contributed by atoms with E-state index in [9.17, 15) is 8.42 Å². The van der Waals surface area contributed by atoms with Crippen LogP contribution in [0.5, 0.6) is 0 Å². The van der Waals surface area contributed by atoms with Gasteiger partial charge in [-0.15, -0.1) is 0 Å². The molecule has 0 atom stereocenters. The van der Waals surface area contributed by atoms with Crippen LogP contribution in [-0.4, -0.2) is 48.7 Å². The zero-order chi connectivity index (χ0) is 14.8. The SMILES string of the molecule is CN(C)S(=O)(=O)CCNCc1nc2ccccc2n1C. The summed E-state index contributed by atoms with van der Waals surface area (Å²) in [6, 6.07) is 7.92. The zero-order valence-corrected chi connectivity index (χ0v) is 12.8. The molecule has 0 unspecified atom stereocenters. The molecule has 1 heterocycles. The normalized spacial score (nSPS) is 12.4. The summed E-state index contributed by atoms with van der Waals surface area (Å²) in [7, 11) is 1.90. The minimum absolute atomic E-state index is 0.0872. The van der Waals surface area contributed by atoms with Crippen molar-refractivity contribution in [2.24, 2.45) is 7.05 Å². The molecule has 0 amide bonds. The van der Waals surface area contributed by atoms with Gasteiger partial charge >= 0.3 is 0 Å². The number of para-hydroxylation sites is 2. The van der Waals surface area contributed by atoms with Crippen molar-refractivity contribution in [1.82, 2.24) is 19.2 Å². The van der Waals surface area contributed by atoms with Crippen LogP contribution in [0.3, 0.4) is 0 Å². The maximum Gasteiger partial charge on any atom is 0.214 e. The second-order valence-corrected chi connectivity index (χ2v) is 7.15. The minimum atomic E-state index is -3.14. The molecule has 0 radical (unpaired) electrons. The lowest BCUT2D eigenvalue weighted by atomic mass is 10.3. The number of fused-ring (bicyclic) bond motifs is 1. The van der Waals surface area contributed by atoms with Gasteiger partial charge in [-0.2, -0.15) is 0 Å². The van der Waals surface area contributed by atoms with Crippen LogP contribution in [0, 0.1) is 0 Å². The van der Waals surface area contributed by atoms with E-state index in [1.807, 2.05) is 35.9 Å². The Morgan fingerprint density at radius 2 is 2.00 bits per heavy atom. The Hall–Kier alpha value is -1.44. The Balaban J connectivity index is 1.95. The molecule has 0 aliphatic carbocycles. The van der Waals surface area contributed by atoms with Crippen molar-refractivity contribution >= 4 is 21.1 Å². The van der Waals surface area contributed by atoms with Crippen molar-refractivity contribution < 1.29 is 8.42 Å². The maximum atomic E-state index is 11.6. The van der Waals surface area contributed by atoms with Crippen molar-refractivity contribution in [3.63, 3.8) is 0 Å². The minimum Gasteiger partial charge on any atom is -0.330 e. The maximum absolute atomic E-state index is 11.6. The van der Waals surface area contributed by atoms with Crippen LogP contribution in [0.25, 0.3) is 11.0 Å². The van der Waals surface area contributed by atoms with Crippen molar-refractivity contribution in [3.05, 3.63) is 30.1 Å². The van der Waals surface area contributed by atoms with Gasteiger partial charge in [-0.1, -0.05) is 12.1 Å². The lowest BCUT2D eigenvalue weighted by Crippen LogP contribution is -2.31. The molecule has 7 heteroatoms. The van der Waals surface area contributed by atoms with Crippen LogP contribution >= 0.6 is 0 Å². The molecule has 1 aromatic heterocycles. The van der Waals surface area contributed by atoms with Crippen LogP contribution in [0.1, 0.15) is 5.82 Å². The first-order valence-electron chi connectivity index (χ1n) is 6.43. The standard InChI is InChI=1S/C13H20N4O2S/c1-16(2)20(18,19)9-8-14-10-13-15-11-6-4-5-7-12(11)17(13)3/h4-7,14H,8-10H2,1-3H3. The topological polar surface area (TPSA) is 67.2 Å². The lowest BCUT2D eigenvalue weighted by molar-refractivity contribution is 0.516. The monoisotopic (exact) mass is 296 g/mol. The second kappa shape index (κ2) is 5.90. The van der Waals surface area contributed by atoms with Crippen molar-refractivity contribution in [1.29, 1.82) is 0 Å². The highest BCUT2D eigenvalue weighted by molar-refractivity contribution is 7.89. The van der Waals surface area contributed by atoms with Crippen LogP contribution in [0.2, 0.25) is 0 Å². The van der Waals surface area contributed by atoms with Crippen LogP contribution in [0.4, 0.5) is 0 Å². The molecule has 1 aromatic carbocycles. The van der Waals surface area contributed by atoms with Gasteiger partial charge in [0.25, 0.3) is 0 Å². The van der Waals surface area contributed by atoms with Crippen molar-refractivity contribution in [2.75, 3.05) is 26.4 Å². The number of sulfonamides is 1. The molecule has 0 fully saturated rings. The smallest absolute Gasteiger partial charge is 0.214 e. The van der Waals surface area contributed by atoms with Gasteiger partial charge in [-0.05, 0) is 12.1 Å². The number of nitrogens with zero attached hydrogens (tertiary/aromatic N) is 3. The lowest BCUT2D eigenvalue weighted by Gasteiger charge is -2.11. The molecule has 1 N–H and O–H groups in total. The third kappa shape index (κ3) is 3.17. The van der Waals surface area contributed by atoms with Gasteiger partial charge in [0.1, 0.15) is 5.82 Å². The molecular weight excluding hydrogens is 276 g/mol. The third-order valence-corrected chi connectivity index (χ3v) is 5.09. The van der Waals surface area contributed by atoms with E-state index in [2.05, 4.69) is 10.3 Å². The average molecular weight is 296 g/mol. The van der Waals surface area contributed by atoms with Gasteiger partial charge in [0.15, 0.2) is 0 Å². The Morgan fingerprint density at radius 1 is 1.30 bits per heavy atom. The molecule has 0 spiro atoms. The number of rotatable bonds is 6. The largest absolute Gasteiger partial charge is 0.330 e. The fraction of sp³-hybridized carbons (Fsp3) is 0.462. The van der Waals surface area contributed by atoms with Gasteiger partial charge in [-0.3, -0.25) is 0 Å². The van der Waals surface area contributed by atoms with Crippen LogP contribution in [-0.2, 0) is 23.6 Å². The van der Waals surface area contributed by atoms with E-state index in [1.54, 1.807) is 14.1 Å². The highest BCUT2D eigenvalue weighted by Gasteiger charge is 2.13. The average Bonchev–Trinajstić information content (AvgIpc) is 2.72. The van der Waals surface area contributed by atoms with Gasteiger partial charge in [-0.25, -0.2) is 17.7 Å². The summed E-state index contributed by atoms with van der Waals surface area (Å²) in [5.41, 5.74) is 2.03. The molecule has 0 saturated carbocycles. The fourth-order valence-electron chi connectivity index (χ4n) is 1.94. The number of aromatic nitrogens is 2. The van der Waals surface area contributed by atoms with Gasteiger partial charge < -0.3 is 9.88 Å². The summed E-state index contributed by atoms with van der Waals surface area (Å²) in [6.45, 7) is 0.956. The van der Waals surface area contributed by atoms with E-state index in [0.29, 0.717) is 13.1 Å². The van der Waals surface area contributed by atoms with Gasteiger partial charge in [0, 0.05) is 27.7 Å². The number of benzene rings is 1. The summed E-state index contributed by atoms with van der Waals surface area (Å²) in [4.78, 5) is 4.52. The van der Waals surface area contributed by atoms with E-state index in [0.717, 1.165) is 16.9 Å². The van der Waals surface area contributed by atoms with E-state index >= 15 is 0 Å². The fourth-order valence-corrected chi connectivity index (χ4v) is 2.70. The quantitative estimate of drug-likeness (QED) is 0.791. The Labute approximate surface area is 119 Å². The Bertz CT molecular complexity index is 691. The summed E-state index contributed by atoms with van der Waals surface area (Å²) in [6.07, 6.45) is 0. The molecule has 0 bridgehead atoms. The van der Waals surface area contributed by atoms with Crippen molar-refractivity contribution in [2.45, 2.75) is 6.54 Å². The number of aryl methyl sites for hydroxylation is 1. The number of hydrogen-bond acceptors (Lipinski definition) is 4. The third-order valence-electron chi connectivity index (χ3n) is 3.26. The molecule has 0 aliphatic heterocycles. The molecule has 20 heavy (non-hydrogen) atoms. The van der Waals surface area contributed by atoms with Gasteiger partial charge in [0.05, 0.1) is 23.3 Å². The zero-order valence-electron chi connectivity index (χ0n) is 12.0. The molecule has 110 valence electrons. The van der Waals surface area contributed by atoms with Crippen molar-refractivity contribution in [3.8, 4) is 0 Å².